The van der Waals surface area contributed by atoms with Crippen LogP contribution in [0.15, 0.2) is 18.3 Å². The largest absolute Gasteiger partial charge is 0.496 e. The van der Waals surface area contributed by atoms with Crippen LogP contribution >= 0.6 is 11.3 Å². The lowest BCUT2D eigenvalue weighted by molar-refractivity contribution is 0.411. The third-order valence-corrected chi connectivity index (χ3v) is 3.79. The smallest absolute Gasteiger partial charge is 0.122 e. The van der Waals surface area contributed by atoms with Crippen molar-refractivity contribution >= 4 is 11.3 Å². The van der Waals surface area contributed by atoms with E-state index in [1.54, 1.807) is 18.4 Å². The van der Waals surface area contributed by atoms with E-state index in [2.05, 4.69) is 24.0 Å². The van der Waals surface area contributed by atoms with Gasteiger partial charge in [0, 0.05) is 12.7 Å². The van der Waals surface area contributed by atoms with Gasteiger partial charge in [-0.1, -0.05) is 0 Å². The third-order valence-electron chi connectivity index (χ3n) is 2.74. The van der Waals surface area contributed by atoms with Crippen LogP contribution in [0, 0.1) is 13.8 Å². The number of aromatic nitrogens is 1. The van der Waals surface area contributed by atoms with Crippen LogP contribution in [0.1, 0.15) is 16.1 Å². The van der Waals surface area contributed by atoms with Gasteiger partial charge in [-0.05, 0) is 42.7 Å². The molecule has 2 rings (SSSR count). The molecule has 0 spiro atoms. The Labute approximate surface area is 105 Å². The van der Waals surface area contributed by atoms with Crippen LogP contribution < -0.4 is 10.5 Å². The van der Waals surface area contributed by atoms with Crippen molar-refractivity contribution in [1.82, 2.24) is 4.98 Å². The zero-order valence-corrected chi connectivity index (χ0v) is 11.1. The number of aryl methyl sites for hydroxylation is 2. The van der Waals surface area contributed by atoms with Gasteiger partial charge >= 0.3 is 0 Å². The molecule has 1 aromatic carbocycles. The van der Waals surface area contributed by atoms with Gasteiger partial charge in [-0.3, -0.25) is 0 Å². The molecule has 0 amide bonds. The van der Waals surface area contributed by atoms with Crippen molar-refractivity contribution in [1.29, 1.82) is 0 Å². The summed E-state index contributed by atoms with van der Waals surface area (Å²) in [5.41, 5.74) is 9.12. The first-order chi connectivity index (χ1) is 8.15. The highest BCUT2D eigenvalue weighted by molar-refractivity contribution is 7.15. The minimum Gasteiger partial charge on any atom is -0.496 e. The van der Waals surface area contributed by atoms with Gasteiger partial charge in [0.25, 0.3) is 0 Å². The van der Waals surface area contributed by atoms with Gasteiger partial charge in [-0.15, -0.1) is 11.3 Å². The first-order valence-corrected chi connectivity index (χ1v) is 6.27. The minimum atomic E-state index is 0.499. The highest BCUT2D eigenvalue weighted by Gasteiger charge is 2.09. The molecule has 1 aromatic heterocycles. The van der Waals surface area contributed by atoms with Crippen molar-refractivity contribution in [3.63, 3.8) is 0 Å². The molecule has 2 N–H and O–H groups in total. The number of nitrogens with zero attached hydrogens (tertiary/aromatic N) is 1. The molecule has 2 aromatic rings. The van der Waals surface area contributed by atoms with E-state index >= 15 is 0 Å². The van der Waals surface area contributed by atoms with Crippen LogP contribution in [0.5, 0.6) is 5.75 Å². The van der Waals surface area contributed by atoms with Crippen molar-refractivity contribution in [2.45, 2.75) is 20.4 Å². The second-order valence-corrected chi connectivity index (χ2v) is 5.07. The molecule has 0 bridgehead atoms. The molecular weight excluding hydrogens is 232 g/mol. The van der Waals surface area contributed by atoms with Crippen molar-refractivity contribution in [3.8, 4) is 16.2 Å². The van der Waals surface area contributed by atoms with Crippen LogP contribution in [-0.4, -0.2) is 12.1 Å². The summed E-state index contributed by atoms with van der Waals surface area (Å²) in [6.45, 7) is 4.63. The summed E-state index contributed by atoms with van der Waals surface area (Å²) in [6.07, 6.45) is 1.89. The number of rotatable bonds is 3. The van der Waals surface area contributed by atoms with E-state index in [9.17, 15) is 0 Å². The van der Waals surface area contributed by atoms with Crippen molar-refractivity contribution in [3.05, 3.63) is 34.5 Å². The van der Waals surface area contributed by atoms with Gasteiger partial charge < -0.3 is 10.5 Å². The van der Waals surface area contributed by atoms with Crippen LogP contribution in [-0.2, 0) is 6.54 Å². The van der Waals surface area contributed by atoms with Crippen LogP contribution in [0.2, 0.25) is 0 Å². The number of hydrogen-bond acceptors (Lipinski definition) is 4. The second-order valence-electron chi connectivity index (χ2n) is 3.96. The highest BCUT2D eigenvalue weighted by Crippen LogP contribution is 2.33. The number of ether oxygens (including phenoxy) is 1. The van der Waals surface area contributed by atoms with Crippen LogP contribution in [0.25, 0.3) is 10.4 Å². The molecule has 4 heteroatoms. The molecule has 1 heterocycles. The average Bonchev–Trinajstić information content (AvgIpc) is 2.80. The fourth-order valence-corrected chi connectivity index (χ4v) is 2.68. The molecule has 0 aliphatic heterocycles. The molecular formula is C13H16N2OS. The average molecular weight is 248 g/mol. The maximum absolute atomic E-state index is 5.58. The SMILES string of the molecule is COc1cc(C)c(-c2cnc(CN)s2)cc1C. The number of hydrogen-bond donors (Lipinski definition) is 1. The van der Waals surface area contributed by atoms with E-state index < -0.39 is 0 Å². The Morgan fingerprint density at radius 3 is 2.65 bits per heavy atom. The number of thiazole rings is 1. The van der Waals surface area contributed by atoms with E-state index in [-0.39, 0.29) is 0 Å². The van der Waals surface area contributed by atoms with Gasteiger partial charge in [0.2, 0.25) is 0 Å². The molecule has 0 saturated heterocycles. The third kappa shape index (κ3) is 2.33. The number of benzene rings is 1. The zero-order valence-electron chi connectivity index (χ0n) is 10.3. The summed E-state index contributed by atoms with van der Waals surface area (Å²) in [6, 6.07) is 4.20. The summed E-state index contributed by atoms with van der Waals surface area (Å²) < 4.78 is 5.31. The Bertz CT molecular complexity index is 534. The molecule has 0 saturated carbocycles. The van der Waals surface area contributed by atoms with Crippen LogP contribution in [0.3, 0.4) is 0 Å². The van der Waals surface area contributed by atoms with Crippen molar-refractivity contribution < 1.29 is 4.74 Å². The van der Waals surface area contributed by atoms with Gasteiger partial charge in [-0.25, -0.2) is 4.98 Å². The second kappa shape index (κ2) is 4.85. The monoisotopic (exact) mass is 248 g/mol. The maximum atomic E-state index is 5.58. The van der Waals surface area contributed by atoms with Gasteiger partial charge in [-0.2, -0.15) is 0 Å². The topological polar surface area (TPSA) is 48.1 Å². The first-order valence-electron chi connectivity index (χ1n) is 5.46. The summed E-state index contributed by atoms with van der Waals surface area (Å²) in [5.74, 6) is 0.926. The molecule has 17 heavy (non-hydrogen) atoms. The Morgan fingerprint density at radius 2 is 2.06 bits per heavy atom. The van der Waals surface area contributed by atoms with E-state index in [1.807, 2.05) is 13.1 Å². The number of methoxy groups -OCH3 is 1. The van der Waals surface area contributed by atoms with Gasteiger partial charge in [0.15, 0.2) is 0 Å². The van der Waals surface area contributed by atoms with Gasteiger partial charge in [0.1, 0.15) is 10.8 Å². The predicted octanol–water partition coefficient (Wildman–Crippen LogP) is 2.89. The molecule has 0 atom stereocenters. The standard InChI is InChI=1S/C13H16N2OS/c1-8-5-11(16-3)9(2)4-10(8)12-7-15-13(6-14)17-12/h4-5,7H,6,14H2,1-3H3. The Morgan fingerprint density at radius 1 is 1.29 bits per heavy atom. The fraction of sp³-hybridized carbons (Fsp3) is 0.308. The summed E-state index contributed by atoms with van der Waals surface area (Å²) in [5, 5.41) is 0.966. The normalized spacial score (nSPS) is 10.6. The highest BCUT2D eigenvalue weighted by atomic mass is 32.1. The summed E-state index contributed by atoms with van der Waals surface area (Å²) >= 11 is 1.65. The van der Waals surface area contributed by atoms with E-state index in [1.165, 1.54) is 11.1 Å². The molecule has 90 valence electrons. The maximum Gasteiger partial charge on any atom is 0.122 e. The lowest BCUT2D eigenvalue weighted by Crippen LogP contribution is -1.93. The molecule has 0 aliphatic rings. The quantitative estimate of drug-likeness (QED) is 0.908. The van der Waals surface area contributed by atoms with Crippen molar-refractivity contribution in [2.24, 2.45) is 5.73 Å². The fourth-order valence-electron chi connectivity index (χ4n) is 1.80. The zero-order chi connectivity index (χ0) is 12.4. The molecule has 0 aliphatic carbocycles. The van der Waals surface area contributed by atoms with E-state index in [0.717, 1.165) is 21.2 Å². The molecule has 0 radical (unpaired) electrons. The number of nitrogens with two attached hydrogens (primary N) is 1. The lowest BCUT2D eigenvalue weighted by atomic mass is 10.0. The van der Waals surface area contributed by atoms with Crippen molar-refractivity contribution in [2.75, 3.05) is 7.11 Å². The Balaban J connectivity index is 2.48. The Hall–Kier alpha value is -1.39. The Kier molecular flexibility index (Phi) is 3.45. The lowest BCUT2D eigenvalue weighted by Gasteiger charge is -2.09. The molecule has 3 nitrogen and oxygen atoms in total. The summed E-state index contributed by atoms with van der Waals surface area (Å²) in [4.78, 5) is 5.45. The molecule has 0 fully saturated rings. The summed E-state index contributed by atoms with van der Waals surface area (Å²) in [7, 11) is 1.70. The minimum absolute atomic E-state index is 0.499. The molecule has 0 unspecified atom stereocenters. The van der Waals surface area contributed by atoms with E-state index in [4.69, 9.17) is 10.5 Å². The van der Waals surface area contributed by atoms with E-state index in [0.29, 0.717) is 6.54 Å². The first kappa shape index (κ1) is 12.1. The predicted molar refractivity (Wildman–Crippen MR) is 71.5 cm³/mol. The van der Waals surface area contributed by atoms with Gasteiger partial charge in [0.05, 0.1) is 12.0 Å². The van der Waals surface area contributed by atoms with Crippen LogP contribution in [0.4, 0.5) is 0 Å².